The summed E-state index contributed by atoms with van der Waals surface area (Å²) in [4.78, 5) is 14.2. The van der Waals surface area contributed by atoms with E-state index in [4.69, 9.17) is 4.74 Å². The predicted molar refractivity (Wildman–Crippen MR) is 129 cm³/mol. The average molecular weight is 624 g/mol. The van der Waals surface area contributed by atoms with Gasteiger partial charge in [-0.2, -0.15) is 0 Å². The van der Waals surface area contributed by atoms with Crippen molar-refractivity contribution in [1.82, 2.24) is 0 Å². The molecule has 0 radical (unpaired) electrons. The van der Waals surface area contributed by atoms with Crippen LogP contribution < -0.4 is 4.74 Å². The standard InChI is InChI=1S/C17H14Br2O2.C4H6Br2/c18-11-1-2-12-21-16-9-5-14(6-10-16)17(20)13-3-7-15(19)8-4-13;5-3-1-2-4-6/h1-10H,11-12H2;1,3H,2,4H2/b2-1+;3-1+. The number of allylic oxidation sites excluding steroid dienone is 2. The highest BCUT2D eigenvalue weighted by molar-refractivity contribution is 9.11. The predicted octanol–water partition coefficient (Wildman–Crippen LogP) is 7.69. The molecule has 0 heterocycles. The molecule has 0 unspecified atom stereocenters. The molecule has 6 heteroatoms. The molecule has 0 fully saturated rings. The number of hydrogen-bond acceptors (Lipinski definition) is 2. The second-order valence-electron chi connectivity index (χ2n) is 5.14. The minimum absolute atomic E-state index is 0.00762. The SMILES string of the molecule is Br/C=C/CCBr.O=C(c1ccc(Br)cc1)c1ccc(OC/C=C/CBr)cc1. The number of benzene rings is 2. The number of ether oxygens (including phenoxy) is 1. The van der Waals surface area contributed by atoms with E-state index in [2.05, 4.69) is 69.8 Å². The molecule has 0 N–H and O–H groups in total. The second kappa shape index (κ2) is 15.3. The Bertz CT molecular complexity index is 723. The van der Waals surface area contributed by atoms with Crippen molar-refractivity contribution in [3.8, 4) is 5.75 Å². The van der Waals surface area contributed by atoms with Gasteiger partial charge in [-0.05, 0) is 59.9 Å². The van der Waals surface area contributed by atoms with E-state index in [1.807, 2.05) is 53.5 Å². The van der Waals surface area contributed by atoms with Crippen LogP contribution >= 0.6 is 63.7 Å². The molecule has 27 heavy (non-hydrogen) atoms. The van der Waals surface area contributed by atoms with Gasteiger partial charge in [-0.15, -0.1) is 0 Å². The normalized spacial score (nSPS) is 10.7. The zero-order valence-corrected chi connectivity index (χ0v) is 20.9. The van der Waals surface area contributed by atoms with Gasteiger partial charge < -0.3 is 4.74 Å². The fourth-order valence-corrected chi connectivity index (χ4v) is 2.93. The Kier molecular flexibility index (Phi) is 13.8. The number of ketones is 1. The number of carbonyl (C=O) groups is 1. The maximum atomic E-state index is 12.3. The Morgan fingerprint density at radius 3 is 1.96 bits per heavy atom. The molecule has 0 saturated heterocycles. The van der Waals surface area contributed by atoms with Crippen molar-refractivity contribution >= 4 is 69.5 Å². The van der Waals surface area contributed by atoms with Crippen LogP contribution in [0.25, 0.3) is 0 Å². The van der Waals surface area contributed by atoms with Gasteiger partial charge >= 0.3 is 0 Å². The van der Waals surface area contributed by atoms with E-state index < -0.39 is 0 Å². The zero-order valence-electron chi connectivity index (χ0n) is 14.6. The molecule has 2 aromatic carbocycles. The molecule has 0 aliphatic carbocycles. The summed E-state index contributed by atoms with van der Waals surface area (Å²) >= 11 is 13.1. The van der Waals surface area contributed by atoms with Crippen molar-refractivity contribution in [2.24, 2.45) is 0 Å². The average Bonchev–Trinajstić information content (AvgIpc) is 2.71. The first kappa shape index (κ1) is 24.3. The van der Waals surface area contributed by atoms with Crippen molar-refractivity contribution in [2.45, 2.75) is 6.42 Å². The summed E-state index contributed by atoms with van der Waals surface area (Å²) in [7, 11) is 0. The largest absolute Gasteiger partial charge is 0.490 e. The van der Waals surface area contributed by atoms with Gasteiger partial charge in [0.1, 0.15) is 12.4 Å². The van der Waals surface area contributed by atoms with Crippen LogP contribution in [0.3, 0.4) is 0 Å². The Morgan fingerprint density at radius 1 is 0.889 bits per heavy atom. The lowest BCUT2D eigenvalue weighted by molar-refractivity contribution is 0.103. The first-order valence-corrected chi connectivity index (χ1v) is 12.1. The number of alkyl halides is 2. The van der Waals surface area contributed by atoms with E-state index in [0.29, 0.717) is 17.7 Å². The van der Waals surface area contributed by atoms with Crippen molar-refractivity contribution in [3.63, 3.8) is 0 Å². The van der Waals surface area contributed by atoms with E-state index in [-0.39, 0.29) is 5.78 Å². The molecule has 144 valence electrons. The van der Waals surface area contributed by atoms with Crippen molar-refractivity contribution in [1.29, 1.82) is 0 Å². The fraction of sp³-hybridized carbons (Fsp3) is 0.190. The highest BCUT2D eigenvalue weighted by Crippen LogP contribution is 2.17. The monoisotopic (exact) mass is 620 g/mol. The maximum Gasteiger partial charge on any atom is 0.193 e. The number of halogens is 4. The maximum absolute atomic E-state index is 12.3. The Labute approximate surface area is 194 Å². The lowest BCUT2D eigenvalue weighted by atomic mass is 10.0. The van der Waals surface area contributed by atoms with E-state index in [1.165, 1.54) is 0 Å². The Balaban J connectivity index is 0.000000527. The minimum Gasteiger partial charge on any atom is -0.490 e. The molecular formula is C21H20Br4O2. The van der Waals surface area contributed by atoms with Crippen molar-refractivity contribution in [3.05, 3.63) is 87.3 Å². The van der Waals surface area contributed by atoms with Crippen LogP contribution in [0.15, 0.2) is 76.2 Å². The molecular weight excluding hydrogens is 604 g/mol. The summed E-state index contributed by atoms with van der Waals surface area (Å²) in [5, 5.41) is 1.87. The third-order valence-electron chi connectivity index (χ3n) is 3.19. The van der Waals surface area contributed by atoms with Gasteiger partial charge in [-0.1, -0.05) is 81.9 Å². The van der Waals surface area contributed by atoms with Gasteiger partial charge in [0.15, 0.2) is 5.78 Å². The first-order valence-electron chi connectivity index (χ1n) is 8.17. The summed E-state index contributed by atoms with van der Waals surface area (Å²) in [5.41, 5.74) is 1.33. The Morgan fingerprint density at radius 2 is 1.48 bits per heavy atom. The van der Waals surface area contributed by atoms with Gasteiger partial charge in [0, 0.05) is 26.3 Å². The van der Waals surface area contributed by atoms with E-state index in [1.54, 1.807) is 12.1 Å². The highest BCUT2D eigenvalue weighted by atomic mass is 79.9. The third-order valence-corrected chi connectivity index (χ3v) is 4.92. The minimum atomic E-state index is 0.00762. The number of carbonyl (C=O) groups excluding carboxylic acids is 1. The van der Waals surface area contributed by atoms with Crippen molar-refractivity contribution in [2.75, 3.05) is 17.3 Å². The molecule has 0 spiro atoms. The summed E-state index contributed by atoms with van der Waals surface area (Å²) in [5.74, 6) is 0.759. The summed E-state index contributed by atoms with van der Waals surface area (Å²) in [6, 6.07) is 14.5. The summed E-state index contributed by atoms with van der Waals surface area (Å²) < 4.78 is 6.50. The van der Waals surface area contributed by atoms with E-state index in [9.17, 15) is 4.79 Å². The third kappa shape index (κ3) is 10.4. The lowest BCUT2D eigenvalue weighted by Crippen LogP contribution is -2.01. The molecule has 0 aliphatic heterocycles. The van der Waals surface area contributed by atoms with Gasteiger partial charge in [0.05, 0.1) is 0 Å². The molecule has 2 aromatic rings. The van der Waals surface area contributed by atoms with Crippen LogP contribution in [-0.4, -0.2) is 23.1 Å². The van der Waals surface area contributed by atoms with Crippen molar-refractivity contribution < 1.29 is 9.53 Å². The van der Waals surface area contributed by atoms with Gasteiger partial charge in [-0.3, -0.25) is 4.79 Å². The summed E-state index contributed by atoms with van der Waals surface area (Å²) in [6.07, 6.45) is 7.07. The topological polar surface area (TPSA) is 26.3 Å². The van der Waals surface area contributed by atoms with Crippen LogP contribution in [0.2, 0.25) is 0 Å². The van der Waals surface area contributed by atoms with Gasteiger partial charge in [-0.25, -0.2) is 0 Å². The highest BCUT2D eigenvalue weighted by Gasteiger charge is 2.08. The smallest absolute Gasteiger partial charge is 0.193 e. The summed E-state index contributed by atoms with van der Waals surface area (Å²) in [6.45, 7) is 0.519. The molecule has 2 nitrogen and oxygen atoms in total. The molecule has 0 saturated carbocycles. The van der Waals surface area contributed by atoms with Gasteiger partial charge in [0.2, 0.25) is 0 Å². The lowest BCUT2D eigenvalue weighted by Gasteiger charge is -2.05. The van der Waals surface area contributed by atoms with Crippen LogP contribution in [0, 0.1) is 0 Å². The molecule has 0 aromatic heterocycles. The molecule has 2 rings (SSSR count). The Hall–Kier alpha value is -0.690. The van der Waals surface area contributed by atoms with E-state index >= 15 is 0 Å². The van der Waals surface area contributed by atoms with Crippen LogP contribution in [0.5, 0.6) is 5.75 Å². The second-order valence-corrected chi connectivity index (χ2v) is 8.02. The molecule has 0 amide bonds. The molecule has 0 atom stereocenters. The quantitative estimate of drug-likeness (QED) is 0.171. The number of hydrogen-bond donors (Lipinski definition) is 0. The molecule has 0 aliphatic rings. The van der Waals surface area contributed by atoms with E-state index in [0.717, 1.165) is 27.3 Å². The van der Waals surface area contributed by atoms with Crippen LogP contribution in [0.1, 0.15) is 22.3 Å². The fourth-order valence-electron chi connectivity index (χ4n) is 1.87. The first-order chi connectivity index (χ1) is 13.1. The number of rotatable bonds is 8. The van der Waals surface area contributed by atoms with Crippen LogP contribution in [-0.2, 0) is 0 Å². The van der Waals surface area contributed by atoms with Crippen LogP contribution in [0.4, 0.5) is 0 Å². The van der Waals surface area contributed by atoms with Gasteiger partial charge in [0.25, 0.3) is 0 Å². The molecule has 0 bridgehead atoms. The zero-order chi connectivity index (χ0) is 19.9.